The van der Waals surface area contributed by atoms with E-state index in [2.05, 4.69) is 382 Å². The topological polar surface area (TPSA) is 66.4 Å². The van der Waals surface area contributed by atoms with Crippen molar-refractivity contribution in [3.8, 4) is 51.2 Å². The average molecular weight is 1390 g/mol. The number of anilines is 12. The van der Waals surface area contributed by atoms with Crippen LogP contribution in [0.4, 0.5) is 68.2 Å². The van der Waals surface area contributed by atoms with Gasteiger partial charge in [-0.15, -0.1) is 0 Å². The number of rotatable bonds is 9. The van der Waals surface area contributed by atoms with Crippen LogP contribution in [0.1, 0.15) is 16.7 Å². The van der Waals surface area contributed by atoms with Crippen molar-refractivity contribution in [3.05, 3.63) is 344 Å². The molecule has 10 nitrogen and oxygen atoms in total. The van der Waals surface area contributed by atoms with E-state index in [4.69, 9.17) is 15.0 Å². The zero-order chi connectivity index (χ0) is 71.6. The van der Waals surface area contributed by atoms with Crippen molar-refractivity contribution in [2.24, 2.45) is 0 Å². The summed E-state index contributed by atoms with van der Waals surface area (Å²) in [6, 6.07) is 122. The molecule has 0 saturated carbocycles. The van der Waals surface area contributed by atoms with Gasteiger partial charge in [0, 0.05) is 102 Å². The first-order valence-electron chi connectivity index (χ1n) is 37.8. The number of aryl methyl sites for hydroxylation is 3. The van der Waals surface area contributed by atoms with E-state index in [1.54, 1.807) is 0 Å². The van der Waals surface area contributed by atoms with Gasteiger partial charge in [-0.1, -0.05) is 199 Å². The second-order valence-corrected chi connectivity index (χ2v) is 30.1. The summed E-state index contributed by atoms with van der Waals surface area (Å²) >= 11 is 0. The zero-order valence-electron chi connectivity index (χ0n) is 59.9. The van der Waals surface area contributed by atoms with Crippen LogP contribution < -0.4 is 68.8 Å². The fourth-order valence-electron chi connectivity index (χ4n) is 19.4. The van der Waals surface area contributed by atoms with Gasteiger partial charge in [-0.3, -0.25) is 13.7 Å². The lowest BCUT2D eigenvalue weighted by molar-refractivity contribution is 1.10. The molecule has 0 bridgehead atoms. The number of hydrogen-bond acceptors (Lipinski definition) is 7. The number of imidazole rings is 3. The Balaban J connectivity index is 0.842. The molecule has 15 aromatic carbocycles. The summed E-state index contributed by atoms with van der Waals surface area (Å²) in [5.74, 6) is 2.70. The molecule has 0 radical (unpaired) electrons. The maximum atomic E-state index is 5.47. The van der Waals surface area contributed by atoms with Crippen molar-refractivity contribution in [1.82, 2.24) is 28.7 Å². The molecule has 3 aromatic heterocycles. The molecule has 0 spiro atoms. The highest BCUT2D eigenvalue weighted by Crippen LogP contribution is 2.52. The second kappa shape index (κ2) is 22.6. The normalized spacial score (nSPS) is 13.5. The minimum atomic E-state index is -0.254. The molecule has 0 atom stereocenters. The van der Waals surface area contributed by atoms with Crippen molar-refractivity contribution in [3.63, 3.8) is 0 Å². The maximum Gasteiger partial charge on any atom is 0.252 e. The summed E-state index contributed by atoms with van der Waals surface area (Å²) in [6.07, 6.45) is 0. The molecule has 0 unspecified atom stereocenters. The molecule has 9 heterocycles. The van der Waals surface area contributed by atoms with Crippen LogP contribution in [0.2, 0.25) is 0 Å². The Bertz CT molecular complexity index is 6270. The minimum Gasteiger partial charge on any atom is -0.313 e. The fraction of sp³-hybridized carbons (Fsp3) is 0.0312. The highest BCUT2D eigenvalue weighted by molar-refractivity contribution is 7.08. The standard InChI is InChI=1S/C96H63B3N10/c1-58-31-37-64(38-32-58)103-79-49-43-67(106-82-28-16-13-25-76(82)100-94(106)61-19-7-4-8-20-61)55-73(79)97-71-47-53-86-89-92(71)109-91-70(46-52-85(103)88(91)97)98-74-56-68(107-83-29-17-14-26-77(83)101-95(107)62-21-9-5-10-22-62)44-50-80(74)104(65-39-33-59(2)34-40-65)87-54-48-72(93(109)90(87)98)99(89)75-57-69(45-51-81(75)105(86)66-41-35-60(3)36-42-66)108-84-30-18-15-27-78(84)102-96(108)63-23-11-6-12-24-63/h4-57H,1-3H3. The van der Waals surface area contributed by atoms with E-state index >= 15 is 0 Å². The lowest BCUT2D eigenvalue weighted by atomic mass is 9.25. The molecular formula is C96H63B3N10. The van der Waals surface area contributed by atoms with E-state index in [1.165, 1.54) is 100.0 Å². The Kier molecular flexibility index (Phi) is 12.5. The van der Waals surface area contributed by atoms with Crippen molar-refractivity contribution in [2.75, 3.05) is 19.6 Å². The largest absolute Gasteiger partial charge is 0.313 e. The molecule has 13 heteroatoms. The van der Waals surface area contributed by atoms with Gasteiger partial charge in [0.2, 0.25) is 0 Å². The zero-order valence-corrected chi connectivity index (χ0v) is 59.9. The third kappa shape index (κ3) is 8.46. The first kappa shape index (κ1) is 60.4. The molecule has 0 N–H and O–H groups in total. The third-order valence-corrected chi connectivity index (χ3v) is 24.0. The van der Waals surface area contributed by atoms with E-state index in [1.807, 2.05) is 0 Å². The Morgan fingerprint density at radius 1 is 0.220 bits per heavy atom. The second-order valence-electron chi connectivity index (χ2n) is 30.1. The van der Waals surface area contributed by atoms with Crippen molar-refractivity contribution in [1.29, 1.82) is 0 Å². The van der Waals surface area contributed by atoms with Gasteiger partial charge in [0.1, 0.15) is 17.5 Å². The highest BCUT2D eigenvalue weighted by atomic mass is 15.2. The molecule has 109 heavy (non-hydrogen) atoms. The first-order valence-corrected chi connectivity index (χ1v) is 37.8. The van der Waals surface area contributed by atoms with Gasteiger partial charge in [-0.25, -0.2) is 15.0 Å². The van der Waals surface area contributed by atoms with Gasteiger partial charge in [-0.05, 0) is 216 Å². The van der Waals surface area contributed by atoms with Crippen molar-refractivity contribution in [2.45, 2.75) is 20.8 Å². The maximum absolute atomic E-state index is 5.47. The molecule has 6 aliphatic rings. The smallest absolute Gasteiger partial charge is 0.252 e. The monoisotopic (exact) mass is 1390 g/mol. The van der Waals surface area contributed by atoms with Gasteiger partial charge in [0.05, 0.1) is 33.1 Å². The van der Waals surface area contributed by atoms with E-state index in [-0.39, 0.29) is 20.1 Å². The summed E-state index contributed by atoms with van der Waals surface area (Å²) < 4.78 is 7.19. The first-order chi connectivity index (χ1) is 53.8. The van der Waals surface area contributed by atoms with Crippen LogP contribution in [0, 0.1) is 20.8 Å². The predicted octanol–water partition coefficient (Wildman–Crippen LogP) is 16.9. The molecule has 24 rings (SSSR count). The highest BCUT2D eigenvalue weighted by Gasteiger charge is 2.56. The average Bonchev–Trinajstić information content (AvgIpc) is 0.710. The number of para-hydroxylation sites is 6. The number of aromatic nitrogens is 6. The predicted molar refractivity (Wildman–Crippen MR) is 454 cm³/mol. The molecule has 18 aromatic rings. The Morgan fingerprint density at radius 3 is 0.771 bits per heavy atom. The van der Waals surface area contributed by atoms with Crippen LogP contribution in [-0.2, 0) is 0 Å². The molecular weight excluding hydrogens is 1330 g/mol. The Morgan fingerprint density at radius 2 is 0.477 bits per heavy atom. The number of nitrogens with zero attached hydrogens (tertiary/aromatic N) is 10. The van der Waals surface area contributed by atoms with E-state index in [0.29, 0.717) is 0 Å². The molecule has 0 saturated heterocycles. The van der Waals surface area contributed by atoms with Gasteiger partial charge < -0.3 is 19.6 Å². The van der Waals surface area contributed by atoms with Crippen LogP contribution in [0.25, 0.3) is 84.3 Å². The summed E-state index contributed by atoms with van der Waals surface area (Å²) in [5.41, 5.74) is 41.2. The van der Waals surface area contributed by atoms with E-state index in [0.717, 1.165) is 118 Å². The van der Waals surface area contributed by atoms with Gasteiger partial charge >= 0.3 is 0 Å². The fourth-order valence-corrected chi connectivity index (χ4v) is 19.4. The number of fused-ring (bicyclic) bond motifs is 12. The molecule has 0 fully saturated rings. The summed E-state index contributed by atoms with van der Waals surface area (Å²) in [4.78, 5) is 26.9. The number of benzene rings is 15. The van der Waals surface area contributed by atoms with Crippen molar-refractivity contribution >= 4 is 171 Å². The van der Waals surface area contributed by atoms with Crippen molar-refractivity contribution < 1.29 is 0 Å². The van der Waals surface area contributed by atoms with Crippen LogP contribution in [0.15, 0.2) is 328 Å². The van der Waals surface area contributed by atoms with Gasteiger partial charge in [0.15, 0.2) is 0 Å². The minimum absolute atomic E-state index is 0.254. The van der Waals surface area contributed by atoms with Crippen LogP contribution in [0.3, 0.4) is 0 Å². The molecule has 506 valence electrons. The van der Waals surface area contributed by atoms with Gasteiger partial charge in [-0.2, -0.15) is 0 Å². The summed E-state index contributed by atoms with van der Waals surface area (Å²) in [7, 11) is 0. The SMILES string of the molecule is Cc1ccc(N2c3ccc(-n4c(-c5ccccc5)nc5ccccc54)cc3B3c4ccc5c6c4N4c7c(ccc2c73)B2c3cc(-n7c(-c8ccccc8)nc8ccccc87)ccc3N(c3ccc(C)cc3)c3ccc(c4c32)B6c2cc(-n3c(-c4ccccc4)nc4ccccc43)ccc2N5c2ccc(C)cc2)cc1. The van der Waals surface area contributed by atoms with Crippen LogP contribution >= 0.6 is 0 Å². The molecule has 6 aliphatic heterocycles. The Hall–Kier alpha value is -13.9. The Labute approximate surface area is 631 Å². The third-order valence-electron chi connectivity index (χ3n) is 24.0. The van der Waals surface area contributed by atoms with Crippen LogP contribution in [0.5, 0.6) is 0 Å². The number of hydrogen-bond donors (Lipinski definition) is 0. The van der Waals surface area contributed by atoms with E-state index in [9.17, 15) is 0 Å². The molecule has 0 aliphatic carbocycles. The lowest BCUT2D eigenvalue weighted by Crippen LogP contribution is -2.74. The summed E-state index contributed by atoms with van der Waals surface area (Å²) in [5, 5.41) is 0. The lowest BCUT2D eigenvalue weighted by Gasteiger charge is -2.54. The van der Waals surface area contributed by atoms with Crippen LogP contribution in [-0.4, -0.2) is 48.8 Å². The quantitative estimate of drug-likeness (QED) is 0.133. The van der Waals surface area contributed by atoms with Gasteiger partial charge in [0.25, 0.3) is 20.1 Å². The molecule has 0 amide bonds. The summed E-state index contributed by atoms with van der Waals surface area (Å²) in [6.45, 7) is 5.81. The van der Waals surface area contributed by atoms with E-state index < -0.39 is 0 Å².